The third-order valence-electron chi connectivity index (χ3n) is 5.42. The molecule has 34 heavy (non-hydrogen) atoms. The van der Waals surface area contributed by atoms with Crippen molar-refractivity contribution in [3.63, 3.8) is 0 Å². The highest BCUT2D eigenvalue weighted by Crippen LogP contribution is 2.41. The van der Waals surface area contributed by atoms with Gasteiger partial charge in [-0.05, 0) is 25.0 Å². The van der Waals surface area contributed by atoms with Crippen molar-refractivity contribution in [3.05, 3.63) is 78.4 Å². The zero-order valence-electron chi connectivity index (χ0n) is 18.3. The fraction of sp³-hybridized carbons (Fsp3) is 0.200. The van der Waals surface area contributed by atoms with Crippen molar-refractivity contribution in [2.24, 2.45) is 0 Å². The van der Waals surface area contributed by atoms with Crippen LogP contribution in [0.2, 0.25) is 0 Å². The summed E-state index contributed by atoms with van der Waals surface area (Å²) >= 11 is 2.74. The molecule has 6 nitrogen and oxygen atoms in total. The van der Waals surface area contributed by atoms with Gasteiger partial charge in [0.1, 0.15) is 5.82 Å². The first kappa shape index (κ1) is 22.5. The van der Waals surface area contributed by atoms with Crippen LogP contribution in [0, 0.1) is 5.82 Å². The molecule has 1 aliphatic rings. The number of aromatic nitrogens is 4. The molecule has 0 unspecified atom stereocenters. The summed E-state index contributed by atoms with van der Waals surface area (Å²) in [5.41, 5.74) is 2.26. The largest absolute Gasteiger partial charge is 0.299 e. The maximum atomic E-state index is 14.4. The van der Waals surface area contributed by atoms with Gasteiger partial charge < -0.3 is 0 Å². The van der Waals surface area contributed by atoms with E-state index >= 15 is 0 Å². The summed E-state index contributed by atoms with van der Waals surface area (Å²) in [6.45, 7) is 4.15. The van der Waals surface area contributed by atoms with Crippen molar-refractivity contribution >= 4 is 34.1 Å². The second kappa shape index (κ2) is 9.90. The molecule has 0 atom stereocenters. The molecule has 4 aromatic rings. The van der Waals surface area contributed by atoms with Crippen LogP contribution in [0.1, 0.15) is 18.9 Å². The highest BCUT2D eigenvalue weighted by molar-refractivity contribution is 7.99. The van der Waals surface area contributed by atoms with Crippen molar-refractivity contribution < 1.29 is 9.18 Å². The van der Waals surface area contributed by atoms with Gasteiger partial charge in [-0.15, -0.1) is 28.1 Å². The highest BCUT2D eigenvalue weighted by atomic mass is 32.2. The van der Waals surface area contributed by atoms with E-state index in [9.17, 15) is 9.18 Å². The molecule has 0 spiro atoms. The maximum Gasteiger partial charge on any atom is 0.239 e. The molecular weight excluding hydrogens is 469 g/mol. The van der Waals surface area contributed by atoms with E-state index in [-0.39, 0.29) is 23.5 Å². The Morgan fingerprint density at radius 1 is 1.18 bits per heavy atom. The second-order valence-corrected chi connectivity index (χ2v) is 9.63. The zero-order valence-corrected chi connectivity index (χ0v) is 19.9. The minimum Gasteiger partial charge on any atom is -0.299 e. The van der Waals surface area contributed by atoms with Crippen molar-refractivity contribution in [2.45, 2.75) is 24.0 Å². The van der Waals surface area contributed by atoms with E-state index < -0.39 is 0 Å². The first-order valence-electron chi connectivity index (χ1n) is 10.9. The summed E-state index contributed by atoms with van der Waals surface area (Å²) in [5.74, 6) is 0.234. The molecule has 0 bridgehead atoms. The van der Waals surface area contributed by atoms with Gasteiger partial charge >= 0.3 is 0 Å². The lowest BCUT2D eigenvalue weighted by atomic mass is 10.2. The number of benzene rings is 2. The van der Waals surface area contributed by atoms with Crippen molar-refractivity contribution in [1.82, 2.24) is 19.7 Å². The van der Waals surface area contributed by atoms with Gasteiger partial charge in [0.25, 0.3) is 0 Å². The molecule has 172 valence electrons. The van der Waals surface area contributed by atoms with E-state index in [2.05, 4.69) is 21.8 Å². The number of hydrogen-bond donors (Lipinski definition) is 0. The van der Waals surface area contributed by atoms with E-state index in [4.69, 9.17) is 0 Å². The molecule has 2 aromatic heterocycles. The van der Waals surface area contributed by atoms with Crippen LogP contribution in [0.15, 0.2) is 77.8 Å². The van der Waals surface area contributed by atoms with Gasteiger partial charge in [0.05, 0.1) is 17.0 Å². The molecule has 0 N–H and O–H groups in total. The molecule has 0 aliphatic heterocycles. The van der Waals surface area contributed by atoms with Crippen LogP contribution in [0.5, 0.6) is 0 Å². The third-order valence-corrected chi connectivity index (χ3v) is 7.21. The Hall–Kier alpha value is -3.30. The SMILES string of the molecule is C=CCN(C(=O)CSc1nnc(-c2ccccc2F)n1C1CC1)c1nc(-c2ccccc2)cs1. The van der Waals surface area contributed by atoms with Crippen LogP contribution < -0.4 is 4.90 Å². The van der Waals surface area contributed by atoms with Crippen molar-refractivity contribution in [3.8, 4) is 22.6 Å². The Morgan fingerprint density at radius 3 is 2.68 bits per heavy atom. The number of thiazole rings is 1. The van der Waals surface area contributed by atoms with Crippen LogP contribution in [0.3, 0.4) is 0 Å². The Bertz CT molecular complexity index is 1320. The summed E-state index contributed by atoms with van der Waals surface area (Å²) in [5, 5.41) is 11.8. The fourth-order valence-corrected chi connectivity index (χ4v) is 5.36. The minimum atomic E-state index is -0.334. The first-order chi connectivity index (χ1) is 16.7. The normalized spacial score (nSPS) is 13.1. The standard InChI is InChI=1S/C25H22FN5OS2/c1-2-14-30(24-27-21(15-33-24)17-8-4-3-5-9-17)22(32)16-34-25-29-28-23(31(25)18-12-13-18)19-10-6-7-11-20(19)26/h2-11,15,18H,1,12-14,16H2. The summed E-state index contributed by atoms with van der Waals surface area (Å²) < 4.78 is 16.4. The molecule has 9 heteroatoms. The molecule has 1 aliphatic carbocycles. The van der Waals surface area contributed by atoms with Gasteiger partial charge in [-0.3, -0.25) is 14.3 Å². The topological polar surface area (TPSA) is 63.9 Å². The Balaban J connectivity index is 1.35. The summed E-state index contributed by atoms with van der Waals surface area (Å²) in [6, 6.07) is 16.7. The van der Waals surface area contributed by atoms with Crippen molar-refractivity contribution in [2.75, 3.05) is 17.2 Å². The van der Waals surface area contributed by atoms with E-state index in [0.29, 0.717) is 28.2 Å². The lowest BCUT2D eigenvalue weighted by molar-refractivity contribution is -0.116. The van der Waals surface area contributed by atoms with E-state index in [1.165, 1.54) is 29.2 Å². The van der Waals surface area contributed by atoms with Crippen LogP contribution >= 0.6 is 23.1 Å². The van der Waals surface area contributed by atoms with Gasteiger partial charge in [0.2, 0.25) is 5.91 Å². The van der Waals surface area contributed by atoms with Gasteiger partial charge in [0.15, 0.2) is 16.1 Å². The summed E-state index contributed by atoms with van der Waals surface area (Å²) in [6.07, 6.45) is 3.67. The number of rotatable bonds is 9. The van der Waals surface area contributed by atoms with E-state index in [0.717, 1.165) is 24.1 Å². The number of carbonyl (C=O) groups is 1. The Morgan fingerprint density at radius 2 is 1.94 bits per heavy atom. The first-order valence-corrected chi connectivity index (χ1v) is 12.8. The molecule has 1 amide bonds. The summed E-state index contributed by atoms with van der Waals surface area (Å²) in [7, 11) is 0. The molecule has 5 rings (SSSR count). The molecule has 0 radical (unpaired) electrons. The zero-order chi connectivity index (χ0) is 23.5. The lowest BCUT2D eigenvalue weighted by Gasteiger charge is -2.18. The Labute approximate surface area is 205 Å². The van der Waals surface area contributed by atoms with Gasteiger partial charge in [-0.2, -0.15) is 0 Å². The maximum absolute atomic E-state index is 14.4. The number of halogens is 1. The van der Waals surface area contributed by atoms with E-state index in [1.54, 1.807) is 29.2 Å². The molecule has 2 aromatic carbocycles. The number of carbonyl (C=O) groups excluding carboxylic acids is 1. The number of anilines is 1. The summed E-state index contributed by atoms with van der Waals surface area (Å²) in [4.78, 5) is 19.5. The fourth-order valence-electron chi connectivity index (χ4n) is 3.61. The number of nitrogens with zero attached hydrogens (tertiary/aromatic N) is 5. The molecule has 1 saturated carbocycles. The second-order valence-electron chi connectivity index (χ2n) is 7.85. The minimum absolute atomic E-state index is 0.100. The van der Waals surface area contributed by atoms with Gasteiger partial charge in [0, 0.05) is 23.5 Å². The number of hydrogen-bond acceptors (Lipinski definition) is 6. The average Bonchev–Trinajstić information content (AvgIpc) is 3.42. The molecular formula is C25H22FN5OS2. The smallest absolute Gasteiger partial charge is 0.239 e. The average molecular weight is 492 g/mol. The monoisotopic (exact) mass is 491 g/mol. The quantitative estimate of drug-likeness (QED) is 0.217. The number of amides is 1. The van der Waals surface area contributed by atoms with Crippen molar-refractivity contribution in [1.29, 1.82) is 0 Å². The Kier molecular flexibility index (Phi) is 6.55. The van der Waals surface area contributed by atoms with Gasteiger partial charge in [-0.1, -0.05) is 60.3 Å². The molecule has 1 fully saturated rings. The van der Waals surface area contributed by atoms with E-state index in [1.807, 2.05) is 40.3 Å². The molecule has 0 saturated heterocycles. The molecule has 2 heterocycles. The predicted molar refractivity (Wildman–Crippen MR) is 135 cm³/mol. The third kappa shape index (κ3) is 4.67. The van der Waals surface area contributed by atoms with Crippen LogP contribution in [0.25, 0.3) is 22.6 Å². The predicted octanol–water partition coefficient (Wildman–Crippen LogP) is 5.85. The van der Waals surface area contributed by atoms with Gasteiger partial charge in [-0.25, -0.2) is 9.37 Å². The van der Waals surface area contributed by atoms with Crippen LogP contribution in [0.4, 0.5) is 9.52 Å². The van der Waals surface area contributed by atoms with Crippen LogP contribution in [-0.2, 0) is 4.79 Å². The number of thioether (sulfide) groups is 1. The lowest BCUT2D eigenvalue weighted by Crippen LogP contribution is -2.32. The highest BCUT2D eigenvalue weighted by Gasteiger charge is 2.31. The van der Waals surface area contributed by atoms with Crippen LogP contribution in [-0.4, -0.2) is 38.0 Å².